The molecule has 10 nitrogen and oxygen atoms in total. The summed E-state index contributed by atoms with van der Waals surface area (Å²) in [4.78, 5) is 54.3. The number of ether oxygens (including phenoxy) is 2. The normalized spacial score (nSPS) is 14.6. The molecular weight excluding hydrogens is 628 g/mol. The molecule has 2 heterocycles. The van der Waals surface area contributed by atoms with E-state index >= 15 is 0 Å². The van der Waals surface area contributed by atoms with Gasteiger partial charge in [0.15, 0.2) is 6.29 Å². The van der Waals surface area contributed by atoms with Crippen molar-refractivity contribution in [3.63, 3.8) is 0 Å². The maximum atomic E-state index is 13.1. The van der Waals surface area contributed by atoms with Crippen LogP contribution in [-0.4, -0.2) is 60.1 Å². The van der Waals surface area contributed by atoms with Crippen LogP contribution >= 0.6 is 11.3 Å². The first-order chi connectivity index (χ1) is 23.0. The van der Waals surface area contributed by atoms with Gasteiger partial charge in [-0.25, -0.2) is 4.98 Å². The molecule has 48 heavy (non-hydrogen) atoms. The van der Waals surface area contributed by atoms with E-state index in [0.29, 0.717) is 38.2 Å². The fourth-order valence-corrected chi connectivity index (χ4v) is 6.17. The standard InChI is InChI=1S/C37H40N4O6S/c1-24-39-29(23-48-24)22-47-31-13-8-27(9-14-31)37(2,3)26-6-11-30(12-7-26)46-19-5-18-38-28-10-15-32(25(20-28)21-42)36(45)41(4)33-16-17-34(43)40-35(33)44/h6-15,20-21,23,33,38H,5,16-19,22H2,1-4H3,(H,40,43,44). The molecule has 5 rings (SSSR count). The van der Waals surface area contributed by atoms with Crippen LogP contribution in [0.15, 0.2) is 72.1 Å². The monoisotopic (exact) mass is 668 g/mol. The minimum absolute atomic E-state index is 0.158. The summed E-state index contributed by atoms with van der Waals surface area (Å²) in [5.74, 6) is 0.265. The van der Waals surface area contributed by atoms with Gasteiger partial charge in [-0.15, -0.1) is 11.3 Å². The van der Waals surface area contributed by atoms with Gasteiger partial charge in [-0.2, -0.15) is 0 Å². The molecule has 0 bridgehead atoms. The quantitative estimate of drug-likeness (QED) is 0.0963. The molecule has 11 heteroatoms. The van der Waals surface area contributed by atoms with Crippen LogP contribution in [0.25, 0.3) is 0 Å². The molecule has 0 spiro atoms. The van der Waals surface area contributed by atoms with Gasteiger partial charge in [0.2, 0.25) is 11.8 Å². The van der Waals surface area contributed by atoms with Crippen molar-refractivity contribution < 1.29 is 28.7 Å². The number of rotatable bonds is 14. The van der Waals surface area contributed by atoms with Crippen molar-refractivity contribution in [3.8, 4) is 11.5 Å². The summed E-state index contributed by atoms with van der Waals surface area (Å²) in [7, 11) is 1.50. The molecule has 3 aromatic carbocycles. The summed E-state index contributed by atoms with van der Waals surface area (Å²) in [6, 6.07) is 20.5. The summed E-state index contributed by atoms with van der Waals surface area (Å²) in [5, 5.41) is 8.57. The van der Waals surface area contributed by atoms with Crippen LogP contribution in [0.2, 0.25) is 0 Å². The number of piperidine rings is 1. The summed E-state index contributed by atoms with van der Waals surface area (Å²) < 4.78 is 11.9. The topological polar surface area (TPSA) is 127 Å². The van der Waals surface area contributed by atoms with E-state index in [-0.39, 0.29) is 35.3 Å². The maximum Gasteiger partial charge on any atom is 0.255 e. The zero-order chi connectivity index (χ0) is 34.3. The molecule has 1 aliphatic heterocycles. The molecule has 1 unspecified atom stereocenters. The lowest BCUT2D eigenvalue weighted by molar-refractivity contribution is -0.136. The van der Waals surface area contributed by atoms with E-state index in [4.69, 9.17) is 9.47 Å². The van der Waals surface area contributed by atoms with Crippen molar-refractivity contribution in [2.45, 2.75) is 58.1 Å². The van der Waals surface area contributed by atoms with Crippen LogP contribution < -0.4 is 20.1 Å². The summed E-state index contributed by atoms with van der Waals surface area (Å²) in [6.45, 7) is 7.91. The molecule has 0 radical (unpaired) electrons. The van der Waals surface area contributed by atoms with Crippen molar-refractivity contribution in [2.75, 3.05) is 25.5 Å². The zero-order valence-corrected chi connectivity index (χ0v) is 28.4. The van der Waals surface area contributed by atoms with Crippen molar-refractivity contribution in [3.05, 3.63) is 105 Å². The SMILES string of the molecule is Cc1nc(COc2ccc(C(C)(C)c3ccc(OCCCNc4ccc(C(=O)N(C)C5CCC(=O)NC5=O)c(C=O)c4)cc3)cc2)cs1. The van der Waals surface area contributed by atoms with Crippen LogP contribution in [0.3, 0.4) is 0 Å². The molecule has 1 fully saturated rings. The zero-order valence-electron chi connectivity index (χ0n) is 27.6. The summed E-state index contributed by atoms with van der Waals surface area (Å²) in [6.07, 6.45) is 1.73. The Morgan fingerprint density at radius 2 is 1.71 bits per heavy atom. The van der Waals surface area contributed by atoms with Gasteiger partial charge in [0, 0.05) is 42.1 Å². The highest BCUT2D eigenvalue weighted by Gasteiger charge is 2.33. The van der Waals surface area contributed by atoms with E-state index in [1.165, 1.54) is 23.1 Å². The lowest BCUT2D eigenvalue weighted by Gasteiger charge is -2.30. The van der Waals surface area contributed by atoms with Gasteiger partial charge in [-0.05, 0) is 73.4 Å². The van der Waals surface area contributed by atoms with Crippen molar-refractivity contribution in [1.29, 1.82) is 0 Å². The average Bonchev–Trinajstić information content (AvgIpc) is 3.51. The van der Waals surface area contributed by atoms with Gasteiger partial charge < -0.3 is 19.7 Å². The lowest BCUT2D eigenvalue weighted by Crippen LogP contribution is -2.53. The predicted molar refractivity (Wildman–Crippen MR) is 185 cm³/mol. The van der Waals surface area contributed by atoms with Crippen molar-refractivity contribution >= 4 is 41.0 Å². The first kappa shape index (κ1) is 34.3. The van der Waals surface area contributed by atoms with E-state index in [9.17, 15) is 19.2 Å². The molecule has 0 aliphatic carbocycles. The number of benzene rings is 3. The van der Waals surface area contributed by atoms with Gasteiger partial charge >= 0.3 is 0 Å². The average molecular weight is 669 g/mol. The minimum Gasteiger partial charge on any atom is -0.494 e. The number of anilines is 1. The number of imide groups is 1. The fraction of sp³-hybridized carbons (Fsp3) is 0.324. The minimum atomic E-state index is -0.766. The number of carbonyl (C=O) groups excluding carboxylic acids is 4. The first-order valence-corrected chi connectivity index (χ1v) is 16.7. The highest BCUT2D eigenvalue weighted by atomic mass is 32.1. The number of thiazole rings is 1. The van der Waals surface area contributed by atoms with E-state index in [1.807, 2.05) is 36.6 Å². The number of amides is 3. The second-order valence-corrected chi connectivity index (χ2v) is 13.3. The first-order valence-electron chi connectivity index (χ1n) is 15.9. The van der Waals surface area contributed by atoms with Crippen LogP contribution in [0.1, 0.15) is 75.7 Å². The molecule has 1 aliphatic rings. The number of carbonyl (C=O) groups is 4. The Labute approximate surface area is 284 Å². The summed E-state index contributed by atoms with van der Waals surface area (Å²) in [5.41, 5.74) is 4.17. The number of hydrogen-bond donors (Lipinski definition) is 2. The molecule has 2 N–H and O–H groups in total. The Kier molecular flexibility index (Phi) is 10.9. The Morgan fingerprint density at radius 3 is 2.31 bits per heavy atom. The second kappa shape index (κ2) is 15.2. The van der Waals surface area contributed by atoms with Crippen molar-refractivity contribution in [2.24, 2.45) is 0 Å². The molecule has 1 atom stereocenters. The highest BCUT2D eigenvalue weighted by Crippen LogP contribution is 2.33. The van der Waals surface area contributed by atoms with E-state index in [2.05, 4.69) is 53.7 Å². The number of hydrogen-bond acceptors (Lipinski definition) is 9. The molecule has 3 amide bonds. The third kappa shape index (κ3) is 8.27. The largest absolute Gasteiger partial charge is 0.494 e. The van der Waals surface area contributed by atoms with Crippen molar-refractivity contribution in [1.82, 2.24) is 15.2 Å². The van der Waals surface area contributed by atoms with Gasteiger partial charge in [0.25, 0.3) is 5.91 Å². The fourth-order valence-electron chi connectivity index (χ4n) is 5.58. The van der Waals surface area contributed by atoms with Gasteiger partial charge in [0.1, 0.15) is 24.1 Å². The Morgan fingerprint density at radius 1 is 1.04 bits per heavy atom. The number of nitrogens with zero attached hydrogens (tertiary/aromatic N) is 2. The number of aromatic nitrogens is 1. The third-order valence-corrected chi connectivity index (χ3v) is 9.35. The van der Waals surface area contributed by atoms with Crippen LogP contribution in [0.5, 0.6) is 11.5 Å². The molecule has 4 aromatic rings. The molecule has 1 saturated heterocycles. The third-order valence-electron chi connectivity index (χ3n) is 8.53. The Balaban J connectivity index is 1.08. The van der Waals surface area contributed by atoms with Crippen LogP contribution in [-0.2, 0) is 21.6 Å². The predicted octanol–water partition coefficient (Wildman–Crippen LogP) is 5.93. The number of likely N-dealkylation sites (N-methyl/N-ethyl adjacent to an activating group) is 1. The number of aryl methyl sites for hydroxylation is 1. The molecular formula is C37H40N4O6S. The van der Waals surface area contributed by atoms with E-state index in [1.54, 1.807) is 29.5 Å². The summed E-state index contributed by atoms with van der Waals surface area (Å²) >= 11 is 1.62. The highest BCUT2D eigenvalue weighted by molar-refractivity contribution is 7.09. The van der Waals surface area contributed by atoms with Gasteiger partial charge in [0.05, 0.1) is 22.9 Å². The molecule has 1 aromatic heterocycles. The maximum absolute atomic E-state index is 13.1. The number of aldehydes is 1. The smallest absolute Gasteiger partial charge is 0.255 e. The molecule has 250 valence electrons. The Hall–Kier alpha value is -5.03. The number of nitrogens with one attached hydrogen (secondary N) is 2. The van der Waals surface area contributed by atoms with Crippen LogP contribution in [0.4, 0.5) is 5.69 Å². The molecule has 0 saturated carbocycles. The van der Waals surface area contributed by atoms with Gasteiger partial charge in [-0.3, -0.25) is 24.5 Å². The van der Waals surface area contributed by atoms with Gasteiger partial charge in [-0.1, -0.05) is 38.1 Å². The Bertz CT molecular complexity index is 1770. The second-order valence-electron chi connectivity index (χ2n) is 12.3. The van der Waals surface area contributed by atoms with E-state index in [0.717, 1.165) is 22.2 Å². The lowest BCUT2D eigenvalue weighted by atomic mass is 9.78. The van der Waals surface area contributed by atoms with Crippen LogP contribution in [0, 0.1) is 6.92 Å². The van der Waals surface area contributed by atoms with E-state index < -0.39 is 17.9 Å².